The molecule has 20 heavy (non-hydrogen) atoms. The molecule has 0 aliphatic carbocycles. The van der Waals surface area contributed by atoms with E-state index in [0.29, 0.717) is 12.5 Å². The number of carboxylic acids is 1. The highest BCUT2D eigenvalue weighted by molar-refractivity contribution is 5.80. The highest BCUT2D eigenvalue weighted by Crippen LogP contribution is 2.15. The summed E-state index contributed by atoms with van der Waals surface area (Å²) in [6, 6.07) is -0.118. The molecule has 5 heteroatoms. The summed E-state index contributed by atoms with van der Waals surface area (Å²) < 4.78 is 0. The average molecular weight is 286 g/mol. The van der Waals surface area contributed by atoms with Crippen molar-refractivity contribution in [2.24, 2.45) is 5.92 Å². The number of hydrogen-bond donors (Lipinski definition) is 1. The molecule has 0 aromatic carbocycles. The van der Waals surface area contributed by atoms with Crippen LogP contribution in [0.3, 0.4) is 0 Å². The van der Waals surface area contributed by atoms with E-state index in [1.165, 1.54) is 4.90 Å². The van der Waals surface area contributed by atoms with Gasteiger partial charge in [0.05, 0.1) is 0 Å². The molecular formula is C15H30N2O3. The Bertz CT molecular complexity index is 312. The number of carboxylic acid groups (broad SMARTS) is 1. The summed E-state index contributed by atoms with van der Waals surface area (Å²) in [7, 11) is 0. The van der Waals surface area contributed by atoms with E-state index >= 15 is 0 Å². The number of amides is 2. The van der Waals surface area contributed by atoms with Gasteiger partial charge in [-0.15, -0.1) is 0 Å². The fourth-order valence-electron chi connectivity index (χ4n) is 2.29. The van der Waals surface area contributed by atoms with E-state index in [1.807, 2.05) is 18.7 Å². The molecule has 0 saturated carbocycles. The number of hydrogen-bond acceptors (Lipinski definition) is 2. The van der Waals surface area contributed by atoms with Crippen LogP contribution in [-0.4, -0.2) is 52.1 Å². The zero-order chi connectivity index (χ0) is 15.9. The quantitative estimate of drug-likeness (QED) is 0.746. The van der Waals surface area contributed by atoms with Gasteiger partial charge in [0, 0.05) is 18.6 Å². The van der Waals surface area contributed by atoms with Gasteiger partial charge in [-0.2, -0.15) is 0 Å². The van der Waals surface area contributed by atoms with Crippen LogP contribution in [0.4, 0.5) is 4.79 Å². The van der Waals surface area contributed by atoms with Gasteiger partial charge in [0.1, 0.15) is 6.54 Å². The molecule has 0 atom stereocenters. The van der Waals surface area contributed by atoms with Crippen molar-refractivity contribution < 1.29 is 14.7 Å². The van der Waals surface area contributed by atoms with E-state index < -0.39 is 5.97 Å². The Labute approximate surface area is 122 Å². The first-order valence-corrected chi connectivity index (χ1v) is 7.53. The van der Waals surface area contributed by atoms with E-state index in [9.17, 15) is 9.59 Å². The smallest absolute Gasteiger partial charge is 0.323 e. The van der Waals surface area contributed by atoms with Crippen molar-refractivity contribution in [3.8, 4) is 0 Å². The van der Waals surface area contributed by atoms with Crippen LogP contribution < -0.4 is 0 Å². The second-order valence-corrected chi connectivity index (χ2v) is 5.91. The van der Waals surface area contributed by atoms with Gasteiger partial charge in [0.25, 0.3) is 0 Å². The average Bonchev–Trinajstić information content (AvgIpc) is 2.34. The number of carbonyl (C=O) groups is 2. The molecule has 0 aromatic heterocycles. The molecule has 118 valence electrons. The summed E-state index contributed by atoms with van der Waals surface area (Å²) >= 11 is 0. The topological polar surface area (TPSA) is 60.9 Å². The maximum atomic E-state index is 12.7. The van der Waals surface area contributed by atoms with E-state index in [0.717, 1.165) is 12.8 Å². The van der Waals surface area contributed by atoms with Gasteiger partial charge in [-0.25, -0.2) is 4.79 Å². The molecule has 0 unspecified atom stereocenters. The summed E-state index contributed by atoms with van der Waals surface area (Å²) in [6.07, 6.45) is 1.77. The molecule has 0 heterocycles. The van der Waals surface area contributed by atoms with Crippen molar-refractivity contribution in [1.29, 1.82) is 0 Å². The third kappa shape index (κ3) is 5.80. The molecule has 0 aliphatic heterocycles. The lowest BCUT2D eigenvalue weighted by Gasteiger charge is -2.37. The zero-order valence-electron chi connectivity index (χ0n) is 13.7. The molecule has 0 bridgehead atoms. The molecule has 5 nitrogen and oxygen atoms in total. The van der Waals surface area contributed by atoms with Gasteiger partial charge in [0.2, 0.25) is 0 Å². The Balaban J connectivity index is 5.19. The minimum atomic E-state index is -0.971. The number of carbonyl (C=O) groups excluding carboxylic acids is 1. The highest BCUT2D eigenvalue weighted by Gasteiger charge is 2.29. The predicted octanol–water partition coefficient (Wildman–Crippen LogP) is 3.05. The van der Waals surface area contributed by atoms with Crippen LogP contribution in [0.5, 0.6) is 0 Å². The molecule has 0 aliphatic rings. The van der Waals surface area contributed by atoms with Crippen LogP contribution in [-0.2, 0) is 4.79 Å². The minimum Gasteiger partial charge on any atom is -0.480 e. The second-order valence-electron chi connectivity index (χ2n) is 5.91. The van der Waals surface area contributed by atoms with Gasteiger partial charge in [-0.1, -0.05) is 27.7 Å². The van der Waals surface area contributed by atoms with Gasteiger partial charge < -0.3 is 14.9 Å². The number of urea groups is 1. The summed E-state index contributed by atoms with van der Waals surface area (Å²) in [5.74, 6) is -0.612. The Kier molecular flexibility index (Phi) is 8.26. The van der Waals surface area contributed by atoms with Crippen molar-refractivity contribution in [3.63, 3.8) is 0 Å². The van der Waals surface area contributed by atoms with Crippen molar-refractivity contribution in [2.75, 3.05) is 13.1 Å². The fourth-order valence-corrected chi connectivity index (χ4v) is 2.29. The monoisotopic (exact) mass is 286 g/mol. The van der Waals surface area contributed by atoms with Crippen molar-refractivity contribution in [2.45, 2.75) is 66.5 Å². The lowest BCUT2D eigenvalue weighted by atomic mass is 10.1. The first-order chi connectivity index (χ1) is 9.24. The lowest BCUT2D eigenvalue weighted by molar-refractivity contribution is -0.138. The Morgan fingerprint density at radius 2 is 1.50 bits per heavy atom. The second kappa shape index (κ2) is 8.82. The maximum Gasteiger partial charge on any atom is 0.323 e. The van der Waals surface area contributed by atoms with Crippen LogP contribution in [0.25, 0.3) is 0 Å². The third-order valence-corrected chi connectivity index (χ3v) is 3.37. The van der Waals surface area contributed by atoms with Crippen LogP contribution in [0.2, 0.25) is 0 Å². The van der Waals surface area contributed by atoms with Crippen LogP contribution in [0, 0.1) is 5.92 Å². The highest BCUT2D eigenvalue weighted by atomic mass is 16.4. The summed E-state index contributed by atoms with van der Waals surface area (Å²) in [4.78, 5) is 26.9. The molecule has 0 spiro atoms. The number of rotatable bonds is 8. The molecule has 0 radical (unpaired) electrons. The molecule has 0 saturated heterocycles. The Hall–Kier alpha value is -1.26. The van der Waals surface area contributed by atoms with Gasteiger partial charge in [-0.05, 0) is 32.6 Å². The van der Waals surface area contributed by atoms with Gasteiger partial charge in [-0.3, -0.25) is 4.79 Å². The normalized spacial score (nSPS) is 11.2. The number of nitrogens with zero attached hydrogens (tertiary/aromatic N) is 2. The van der Waals surface area contributed by atoms with Crippen molar-refractivity contribution in [1.82, 2.24) is 9.80 Å². The Morgan fingerprint density at radius 1 is 1.00 bits per heavy atom. The summed E-state index contributed by atoms with van der Waals surface area (Å²) in [5, 5.41) is 8.99. The summed E-state index contributed by atoms with van der Waals surface area (Å²) in [5.41, 5.74) is 0. The van der Waals surface area contributed by atoms with Crippen LogP contribution in [0.15, 0.2) is 0 Å². The first kappa shape index (κ1) is 18.7. The van der Waals surface area contributed by atoms with Crippen molar-refractivity contribution in [3.05, 3.63) is 0 Å². The van der Waals surface area contributed by atoms with E-state index in [2.05, 4.69) is 27.7 Å². The molecular weight excluding hydrogens is 256 g/mol. The standard InChI is InChI=1S/C15H30N2O3/c1-7-13(8-2)17(9-11(3)4)15(20)16(12(5)6)10-14(18)19/h11-13H,7-10H2,1-6H3,(H,18,19). The van der Waals surface area contributed by atoms with Crippen LogP contribution in [0.1, 0.15) is 54.4 Å². The maximum absolute atomic E-state index is 12.7. The molecule has 0 aromatic rings. The molecule has 2 amide bonds. The van der Waals surface area contributed by atoms with E-state index in [4.69, 9.17) is 5.11 Å². The zero-order valence-corrected chi connectivity index (χ0v) is 13.7. The molecule has 0 rings (SSSR count). The fraction of sp³-hybridized carbons (Fsp3) is 0.867. The van der Waals surface area contributed by atoms with E-state index in [1.54, 1.807) is 0 Å². The Morgan fingerprint density at radius 3 is 1.80 bits per heavy atom. The van der Waals surface area contributed by atoms with Gasteiger partial charge in [0.15, 0.2) is 0 Å². The largest absolute Gasteiger partial charge is 0.480 e. The number of aliphatic carboxylic acids is 1. The lowest BCUT2D eigenvalue weighted by Crippen LogP contribution is -2.52. The summed E-state index contributed by atoms with van der Waals surface area (Å²) in [6.45, 7) is 12.4. The molecule has 1 N–H and O–H groups in total. The molecule has 0 fully saturated rings. The third-order valence-electron chi connectivity index (χ3n) is 3.37. The van der Waals surface area contributed by atoms with Crippen LogP contribution >= 0.6 is 0 Å². The SMILES string of the molecule is CCC(CC)N(CC(C)C)C(=O)N(CC(=O)O)C(C)C. The van der Waals surface area contributed by atoms with E-state index in [-0.39, 0.29) is 24.7 Å². The first-order valence-electron chi connectivity index (χ1n) is 7.53. The van der Waals surface area contributed by atoms with Gasteiger partial charge >= 0.3 is 12.0 Å². The minimum absolute atomic E-state index is 0.123. The predicted molar refractivity (Wildman–Crippen MR) is 80.8 cm³/mol. The van der Waals surface area contributed by atoms with Crippen molar-refractivity contribution >= 4 is 12.0 Å².